The van der Waals surface area contributed by atoms with Crippen LogP contribution >= 0.6 is 11.6 Å². The van der Waals surface area contributed by atoms with Crippen molar-refractivity contribution < 1.29 is 14.6 Å². The SMILES string of the molecule is CC1COC(CO)CN1C(=O)C1(c2ccc(Cl)cc2)CCCC1. The van der Waals surface area contributed by atoms with Gasteiger partial charge in [0, 0.05) is 11.6 Å². The molecule has 2 aliphatic rings. The summed E-state index contributed by atoms with van der Waals surface area (Å²) in [4.78, 5) is 15.3. The summed E-state index contributed by atoms with van der Waals surface area (Å²) in [5.41, 5.74) is 0.611. The summed E-state index contributed by atoms with van der Waals surface area (Å²) in [6, 6.07) is 7.74. The normalized spacial score (nSPS) is 27.2. The Bertz CT molecular complexity index is 554. The number of hydrogen-bond acceptors (Lipinski definition) is 3. The summed E-state index contributed by atoms with van der Waals surface area (Å²) in [5.74, 6) is 0.173. The predicted molar refractivity (Wildman–Crippen MR) is 89.6 cm³/mol. The molecule has 2 fully saturated rings. The smallest absolute Gasteiger partial charge is 0.233 e. The maximum Gasteiger partial charge on any atom is 0.233 e. The fourth-order valence-electron chi connectivity index (χ4n) is 3.86. The number of hydrogen-bond donors (Lipinski definition) is 1. The Labute approximate surface area is 142 Å². The first-order valence-corrected chi connectivity index (χ1v) is 8.74. The lowest BCUT2D eigenvalue weighted by molar-refractivity contribution is -0.152. The van der Waals surface area contributed by atoms with Gasteiger partial charge in [-0.05, 0) is 37.5 Å². The van der Waals surface area contributed by atoms with Crippen molar-refractivity contribution in [1.29, 1.82) is 0 Å². The minimum absolute atomic E-state index is 0.0371. The van der Waals surface area contributed by atoms with Gasteiger partial charge in [0.15, 0.2) is 0 Å². The number of ether oxygens (including phenoxy) is 1. The second kappa shape index (κ2) is 6.80. The summed E-state index contributed by atoms with van der Waals surface area (Å²) in [6.07, 6.45) is 3.61. The molecule has 1 saturated carbocycles. The third kappa shape index (κ3) is 3.12. The molecule has 126 valence electrons. The largest absolute Gasteiger partial charge is 0.394 e. The van der Waals surface area contributed by atoms with E-state index in [1.807, 2.05) is 36.1 Å². The van der Waals surface area contributed by atoms with Crippen LogP contribution in [0.15, 0.2) is 24.3 Å². The Kier molecular flexibility index (Phi) is 4.95. The number of halogens is 1. The fourth-order valence-corrected chi connectivity index (χ4v) is 3.99. The number of carbonyl (C=O) groups is 1. The summed E-state index contributed by atoms with van der Waals surface area (Å²) in [5, 5.41) is 10.1. The quantitative estimate of drug-likeness (QED) is 0.922. The highest BCUT2D eigenvalue weighted by Gasteiger charge is 2.47. The van der Waals surface area contributed by atoms with Gasteiger partial charge in [-0.1, -0.05) is 36.6 Å². The molecule has 2 unspecified atom stereocenters. The van der Waals surface area contributed by atoms with Gasteiger partial charge >= 0.3 is 0 Å². The van der Waals surface area contributed by atoms with Crippen molar-refractivity contribution in [3.05, 3.63) is 34.9 Å². The third-order valence-electron chi connectivity index (χ3n) is 5.23. The van der Waals surface area contributed by atoms with Crippen LogP contribution in [0.4, 0.5) is 0 Å². The molecule has 1 N–H and O–H groups in total. The van der Waals surface area contributed by atoms with E-state index in [4.69, 9.17) is 16.3 Å². The molecule has 1 heterocycles. The summed E-state index contributed by atoms with van der Waals surface area (Å²) in [6.45, 7) is 2.90. The molecule has 0 radical (unpaired) electrons. The Morgan fingerprint density at radius 1 is 1.35 bits per heavy atom. The molecule has 1 aromatic carbocycles. The molecule has 23 heavy (non-hydrogen) atoms. The van der Waals surface area contributed by atoms with Crippen LogP contribution in [0.2, 0.25) is 5.02 Å². The number of morpholine rings is 1. The zero-order valence-corrected chi connectivity index (χ0v) is 14.3. The molecule has 5 heteroatoms. The first-order chi connectivity index (χ1) is 11.1. The van der Waals surface area contributed by atoms with Crippen molar-refractivity contribution >= 4 is 17.5 Å². The van der Waals surface area contributed by atoms with Gasteiger partial charge in [0.25, 0.3) is 0 Å². The van der Waals surface area contributed by atoms with Crippen LogP contribution in [0, 0.1) is 0 Å². The molecule has 2 atom stereocenters. The highest BCUT2D eigenvalue weighted by Crippen LogP contribution is 2.43. The number of nitrogens with zero attached hydrogens (tertiary/aromatic N) is 1. The van der Waals surface area contributed by atoms with Gasteiger partial charge in [0.2, 0.25) is 5.91 Å². The number of rotatable bonds is 3. The predicted octanol–water partition coefficient (Wildman–Crippen LogP) is 2.76. The zero-order chi connectivity index (χ0) is 16.4. The van der Waals surface area contributed by atoms with Crippen molar-refractivity contribution in [3.8, 4) is 0 Å². The lowest BCUT2D eigenvalue weighted by Crippen LogP contribution is -2.57. The summed E-state index contributed by atoms with van der Waals surface area (Å²) >= 11 is 6.01. The van der Waals surface area contributed by atoms with Gasteiger partial charge in [-0.2, -0.15) is 0 Å². The Morgan fingerprint density at radius 3 is 2.61 bits per heavy atom. The number of amides is 1. The van der Waals surface area contributed by atoms with Crippen molar-refractivity contribution in [1.82, 2.24) is 4.90 Å². The molecular weight excluding hydrogens is 314 g/mol. The molecule has 1 saturated heterocycles. The standard InChI is InChI=1S/C18H24ClNO3/c1-13-12-23-16(11-21)10-20(13)17(22)18(8-2-3-9-18)14-4-6-15(19)7-5-14/h4-7,13,16,21H,2-3,8-12H2,1H3. The highest BCUT2D eigenvalue weighted by molar-refractivity contribution is 6.30. The Hall–Kier alpha value is -1.10. The van der Waals surface area contributed by atoms with E-state index >= 15 is 0 Å². The van der Waals surface area contributed by atoms with E-state index in [0.29, 0.717) is 18.2 Å². The van der Waals surface area contributed by atoms with E-state index in [1.54, 1.807) is 0 Å². The number of carbonyl (C=O) groups excluding carboxylic acids is 1. The maximum atomic E-state index is 13.4. The van der Waals surface area contributed by atoms with Gasteiger partial charge in [0.1, 0.15) is 0 Å². The lowest BCUT2D eigenvalue weighted by Gasteiger charge is -2.42. The average molecular weight is 338 g/mol. The number of aliphatic hydroxyl groups excluding tert-OH is 1. The summed E-state index contributed by atoms with van der Waals surface area (Å²) < 4.78 is 5.58. The first-order valence-electron chi connectivity index (χ1n) is 8.36. The van der Waals surface area contributed by atoms with Gasteiger partial charge in [-0.15, -0.1) is 0 Å². The van der Waals surface area contributed by atoms with Gasteiger partial charge < -0.3 is 14.7 Å². The van der Waals surface area contributed by atoms with Crippen LogP contribution in [-0.4, -0.2) is 47.8 Å². The van der Waals surface area contributed by atoms with Crippen LogP contribution in [0.1, 0.15) is 38.2 Å². The van der Waals surface area contributed by atoms with Crippen molar-refractivity contribution in [2.75, 3.05) is 19.8 Å². The number of aliphatic hydroxyl groups is 1. The van der Waals surface area contributed by atoms with E-state index in [1.165, 1.54) is 0 Å². The Morgan fingerprint density at radius 2 is 2.00 bits per heavy atom. The second-order valence-corrected chi connectivity index (χ2v) is 7.18. The molecule has 1 aromatic rings. The second-order valence-electron chi connectivity index (χ2n) is 6.74. The molecule has 1 aliphatic heterocycles. The van der Waals surface area contributed by atoms with E-state index < -0.39 is 5.41 Å². The molecule has 1 aliphatic carbocycles. The molecule has 0 bridgehead atoms. The van der Waals surface area contributed by atoms with E-state index in [2.05, 4.69) is 0 Å². The van der Waals surface area contributed by atoms with Crippen LogP contribution in [0.25, 0.3) is 0 Å². The zero-order valence-electron chi connectivity index (χ0n) is 13.5. The summed E-state index contributed by atoms with van der Waals surface area (Å²) in [7, 11) is 0. The minimum atomic E-state index is -0.448. The van der Waals surface area contributed by atoms with Gasteiger partial charge in [0.05, 0.1) is 30.8 Å². The topological polar surface area (TPSA) is 49.8 Å². The van der Waals surface area contributed by atoms with E-state index in [-0.39, 0.29) is 24.7 Å². The third-order valence-corrected chi connectivity index (χ3v) is 5.49. The Balaban J connectivity index is 1.91. The van der Waals surface area contributed by atoms with Gasteiger partial charge in [-0.25, -0.2) is 0 Å². The van der Waals surface area contributed by atoms with Gasteiger partial charge in [-0.3, -0.25) is 4.79 Å². The number of benzene rings is 1. The van der Waals surface area contributed by atoms with Crippen molar-refractivity contribution in [2.24, 2.45) is 0 Å². The van der Waals surface area contributed by atoms with E-state index in [0.717, 1.165) is 31.2 Å². The molecule has 1 amide bonds. The molecule has 4 nitrogen and oxygen atoms in total. The van der Waals surface area contributed by atoms with Crippen LogP contribution in [0.5, 0.6) is 0 Å². The fraction of sp³-hybridized carbons (Fsp3) is 0.611. The van der Waals surface area contributed by atoms with Crippen LogP contribution in [-0.2, 0) is 14.9 Å². The molecule has 3 rings (SSSR count). The minimum Gasteiger partial charge on any atom is -0.394 e. The van der Waals surface area contributed by atoms with E-state index in [9.17, 15) is 9.90 Å². The monoisotopic (exact) mass is 337 g/mol. The van der Waals surface area contributed by atoms with Crippen molar-refractivity contribution in [2.45, 2.75) is 50.2 Å². The first kappa shape index (κ1) is 16.7. The van der Waals surface area contributed by atoms with Crippen LogP contribution < -0.4 is 0 Å². The maximum absolute atomic E-state index is 13.4. The molecular formula is C18H24ClNO3. The highest BCUT2D eigenvalue weighted by atomic mass is 35.5. The molecule has 0 aromatic heterocycles. The van der Waals surface area contributed by atoms with Crippen LogP contribution in [0.3, 0.4) is 0 Å². The average Bonchev–Trinajstić information content (AvgIpc) is 3.06. The molecule has 0 spiro atoms. The lowest BCUT2D eigenvalue weighted by atomic mass is 9.77. The van der Waals surface area contributed by atoms with Crippen molar-refractivity contribution in [3.63, 3.8) is 0 Å².